The fourth-order valence-corrected chi connectivity index (χ4v) is 2.65. The van der Waals surface area contributed by atoms with E-state index in [1.807, 2.05) is 13.0 Å². The highest BCUT2D eigenvalue weighted by Gasteiger charge is 2.14. The number of aromatic nitrogens is 2. The van der Waals surface area contributed by atoms with Crippen LogP contribution in [0.4, 0.5) is 0 Å². The maximum Gasteiger partial charge on any atom is 0.242 e. The number of benzene rings is 1. The smallest absolute Gasteiger partial charge is 0.242 e. The molecule has 2 unspecified atom stereocenters. The van der Waals surface area contributed by atoms with Crippen LogP contribution in [0.15, 0.2) is 36.5 Å². The van der Waals surface area contributed by atoms with Crippen molar-refractivity contribution in [2.75, 3.05) is 0 Å². The SMILES string of the molecule is CCC(C)c1ccc(C(CC)NC(=O)Cn2nccc2C)cc1. The molecule has 23 heavy (non-hydrogen) atoms. The van der Waals surface area contributed by atoms with E-state index in [9.17, 15) is 4.79 Å². The van der Waals surface area contributed by atoms with Gasteiger partial charge in [0.25, 0.3) is 0 Å². The molecule has 1 N–H and O–H groups in total. The molecule has 0 aliphatic heterocycles. The Balaban J connectivity index is 2.01. The van der Waals surface area contributed by atoms with E-state index in [-0.39, 0.29) is 18.5 Å². The first-order valence-corrected chi connectivity index (χ1v) is 8.42. The lowest BCUT2D eigenvalue weighted by atomic mass is 9.95. The Morgan fingerprint density at radius 1 is 1.13 bits per heavy atom. The third-order valence-electron chi connectivity index (χ3n) is 4.49. The first-order chi connectivity index (χ1) is 11.0. The molecule has 1 amide bonds. The highest BCUT2D eigenvalue weighted by molar-refractivity contribution is 5.76. The predicted molar refractivity (Wildman–Crippen MR) is 93.3 cm³/mol. The number of amides is 1. The number of nitrogens with zero attached hydrogens (tertiary/aromatic N) is 2. The lowest BCUT2D eigenvalue weighted by Gasteiger charge is -2.19. The summed E-state index contributed by atoms with van der Waals surface area (Å²) in [5.41, 5.74) is 3.50. The van der Waals surface area contributed by atoms with Crippen LogP contribution in [0.5, 0.6) is 0 Å². The van der Waals surface area contributed by atoms with Crippen LogP contribution >= 0.6 is 0 Å². The topological polar surface area (TPSA) is 46.9 Å². The van der Waals surface area contributed by atoms with Gasteiger partial charge in [-0.05, 0) is 42.9 Å². The van der Waals surface area contributed by atoms with Gasteiger partial charge < -0.3 is 5.32 Å². The van der Waals surface area contributed by atoms with Crippen LogP contribution in [0.1, 0.15) is 62.4 Å². The van der Waals surface area contributed by atoms with Crippen LogP contribution in [0.2, 0.25) is 0 Å². The molecule has 0 aliphatic rings. The summed E-state index contributed by atoms with van der Waals surface area (Å²) in [5, 5.41) is 7.27. The molecule has 0 radical (unpaired) electrons. The van der Waals surface area contributed by atoms with Gasteiger partial charge in [-0.3, -0.25) is 9.48 Å². The van der Waals surface area contributed by atoms with Crippen molar-refractivity contribution in [2.24, 2.45) is 0 Å². The normalized spacial score (nSPS) is 13.6. The van der Waals surface area contributed by atoms with Gasteiger partial charge in [-0.15, -0.1) is 0 Å². The van der Waals surface area contributed by atoms with Crippen LogP contribution in [-0.2, 0) is 11.3 Å². The lowest BCUT2D eigenvalue weighted by Crippen LogP contribution is -2.31. The molecular formula is C19H27N3O. The molecule has 0 spiro atoms. The van der Waals surface area contributed by atoms with E-state index >= 15 is 0 Å². The largest absolute Gasteiger partial charge is 0.348 e. The van der Waals surface area contributed by atoms with E-state index in [1.165, 1.54) is 5.56 Å². The molecule has 4 heteroatoms. The number of hydrogen-bond donors (Lipinski definition) is 1. The third-order valence-corrected chi connectivity index (χ3v) is 4.49. The van der Waals surface area contributed by atoms with Gasteiger partial charge in [-0.1, -0.05) is 45.0 Å². The summed E-state index contributed by atoms with van der Waals surface area (Å²) in [5.74, 6) is 0.566. The molecule has 124 valence electrons. The summed E-state index contributed by atoms with van der Waals surface area (Å²) in [6.07, 6.45) is 3.72. The number of carbonyl (C=O) groups is 1. The van der Waals surface area contributed by atoms with Gasteiger partial charge in [0.15, 0.2) is 0 Å². The minimum absolute atomic E-state index is 0.00495. The standard InChI is InChI=1S/C19H27N3O/c1-5-14(3)16-7-9-17(10-8-16)18(6-2)21-19(23)13-22-15(4)11-12-20-22/h7-12,14,18H,5-6,13H2,1-4H3,(H,21,23). The van der Waals surface area contributed by atoms with Crippen LogP contribution in [0, 0.1) is 6.92 Å². The van der Waals surface area contributed by atoms with E-state index < -0.39 is 0 Å². The zero-order valence-corrected chi connectivity index (χ0v) is 14.5. The van der Waals surface area contributed by atoms with Crippen molar-refractivity contribution < 1.29 is 4.79 Å². The summed E-state index contributed by atoms with van der Waals surface area (Å²) in [6, 6.07) is 10.6. The Kier molecular flexibility index (Phi) is 5.97. The number of aryl methyl sites for hydroxylation is 1. The summed E-state index contributed by atoms with van der Waals surface area (Å²) >= 11 is 0. The van der Waals surface area contributed by atoms with Crippen molar-refractivity contribution in [3.05, 3.63) is 53.3 Å². The van der Waals surface area contributed by atoms with E-state index in [1.54, 1.807) is 10.9 Å². The fraction of sp³-hybridized carbons (Fsp3) is 0.474. The molecular weight excluding hydrogens is 286 g/mol. The maximum atomic E-state index is 12.3. The van der Waals surface area contributed by atoms with Crippen molar-refractivity contribution >= 4 is 5.91 Å². The van der Waals surface area contributed by atoms with Crippen LogP contribution in [0.25, 0.3) is 0 Å². The molecule has 2 aromatic rings. The lowest BCUT2D eigenvalue weighted by molar-refractivity contribution is -0.122. The van der Waals surface area contributed by atoms with Crippen LogP contribution in [0.3, 0.4) is 0 Å². The van der Waals surface area contributed by atoms with Crippen LogP contribution in [-0.4, -0.2) is 15.7 Å². The van der Waals surface area contributed by atoms with E-state index in [0.717, 1.165) is 24.1 Å². The molecule has 0 aliphatic carbocycles. The molecule has 1 aromatic carbocycles. The average Bonchev–Trinajstić information content (AvgIpc) is 2.97. The molecule has 0 saturated heterocycles. The Hall–Kier alpha value is -2.10. The quantitative estimate of drug-likeness (QED) is 0.840. The Bertz CT molecular complexity index is 630. The molecule has 2 rings (SSSR count). The van der Waals surface area contributed by atoms with Gasteiger partial charge in [0, 0.05) is 11.9 Å². The summed E-state index contributed by atoms with van der Waals surface area (Å²) in [4.78, 5) is 12.3. The van der Waals surface area contributed by atoms with Crippen molar-refractivity contribution in [1.29, 1.82) is 0 Å². The van der Waals surface area contributed by atoms with E-state index in [4.69, 9.17) is 0 Å². The molecule has 1 heterocycles. The van der Waals surface area contributed by atoms with Gasteiger partial charge in [-0.2, -0.15) is 5.10 Å². The molecule has 0 bridgehead atoms. The fourth-order valence-electron chi connectivity index (χ4n) is 2.65. The third kappa shape index (κ3) is 4.44. The monoisotopic (exact) mass is 313 g/mol. The van der Waals surface area contributed by atoms with Crippen LogP contribution < -0.4 is 5.32 Å². The van der Waals surface area contributed by atoms with Gasteiger partial charge in [0.05, 0.1) is 6.04 Å². The minimum Gasteiger partial charge on any atom is -0.348 e. The number of carbonyl (C=O) groups excluding carboxylic acids is 1. The zero-order valence-electron chi connectivity index (χ0n) is 14.5. The van der Waals surface area contributed by atoms with Gasteiger partial charge >= 0.3 is 0 Å². The van der Waals surface area contributed by atoms with Crippen molar-refractivity contribution in [1.82, 2.24) is 15.1 Å². The molecule has 0 fully saturated rings. The highest BCUT2D eigenvalue weighted by Crippen LogP contribution is 2.22. The second kappa shape index (κ2) is 7.95. The Labute approximate surface area is 138 Å². The second-order valence-electron chi connectivity index (χ2n) is 6.13. The van der Waals surface area contributed by atoms with Crippen molar-refractivity contribution in [3.8, 4) is 0 Å². The zero-order chi connectivity index (χ0) is 16.8. The van der Waals surface area contributed by atoms with E-state index in [2.05, 4.69) is 55.5 Å². The Morgan fingerprint density at radius 3 is 2.30 bits per heavy atom. The van der Waals surface area contributed by atoms with E-state index in [0.29, 0.717) is 5.92 Å². The number of nitrogens with one attached hydrogen (secondary N) is 1. The molecule has 1 aromatic heterocycles. The predicted octanol–water partition coefficient (Wildman–Crippen LogP) is 3.97. The second-order valence-corrected chi connectivity index (χ2v) is 6.13. The number of hydrogen-bond acceptors (Lipinski definition) is 2. The first-order valence-electron chi connectivity index (χ1n) is 8.42. The minimum atomic E-state index is -0.00495. The molecule has 2 atom stereocenters. The maximum absolute atomic E-state index is 12.3. The van der Waals surface area contributed by atoms with Gasteiger partial charge in [0.1, 0.15) is 6.54 Å². The molecule has 0 saturated carbocycles. The van der Waals surface area contributed by atoms with Gasteiger partial charge in [0.2, 0.25) is 5.91 Å². The summed E-state index contributed by atoms with van der Waals surface area (Å²) < 4.78 is 1.72. The first kappa shape index (κ1) is 17.3. The average molecular weight is 313 g/mol. The highest BCUT2D eigenvalue weighted by atomic mass is 16.2. The number of rotatable bonds is 7. The summed E-state index contributed by atoms with van der Waals surface area (Å²) in [7, 11) is 0. The van der Waals surface area contributed by atoms with Gasteiger partial charge in [-0.25, -0.2) is 0 Å². The Morgan fingerprint density at radius 2 is 1.78 bits per heavy atom. The molecule has 4 nitrogen and oxygen atoms in total. The van der Waals surface area contributed by atoms with Crippen molar-refractivity contribution in [3.63, 3.8) is 0 Å². The summed E-state index contributed by atoms with van der Waals surface area (Å²) in [6.45, 7) is 8.74. The van der Waals surface area contributed by atoms with Crippen molar-refractivity contribution in [2.45, 2.75) is 59.0 Å².